The van der Waals surface area contributed by atoms with E-state index < -0.39 is 0 Å². The summed E-state index contributed by atoms with van der Waals surface area (Å²) in [7, 11) is 0. The molecule has 1 saturated carbocycles. The number of aryl methyl sites for hydroxylation is 2. The van der Waals surface area contributed by atoms with Crippen molar-refractivity contribution in [3.63, 3.8) is 0 Å². The summed E-state index contributed by atoms with van der Waals surface area (Å²) in [4.78, 5) is 12.0. The minimum Gasteiger partial charge on any atom is -0.466 e. The lowest BCUT2D eigenvalue weighted by atomic mass is 10.2. The van der Waals surface area contributed by atoms with E-state index >= 15 is 0 Å². The van der Waals surface area contributed by atoms with Crippen molar-refractivity contribution in [2.24, 2.45) is 5.92 Å². The first kappa shape index (κ1) is 13.9. The molecule has 1 heterocycles. The molecule has 1 fully saturated rings. The summed E-state index contributed by atoms with van der Waals surface area (Å²) in [6, 6.07) is 11.9. The Labute approximate surface area is 125 Å². The second-order valence-corrected chi connectivity index (χ2v) is 5.99. The van der Waals surface area contributed by atoms with E-state index in [1.165, 1.54) is 6.42 Å². The smallest absolute Gasteiger partial charge is 0.224 e. The van der Waals surface area contributed by atoms with Crippen LogP contribution in [0.1, 0.15) is 42.8 Å². The number of hydrogen-bond acceptors (Lipinski definition) is 2. The summed E-state index contributed by atoms with van der Waals surface area (Å²) >= 11 is 0. The Balaban J connectivity index is 1.52. The van der Waals surface area contributed by atoms with Gasteiger partial charge in [-0.15, -0.1) is 0 Å². The zero-order chi connectivity index (χ0) is 14.8. The van der Waals surface area contributed by atoms with E-state index in [4.69, 9.17) is 4.42 Å². The molecule has 110 valence electrons. The third kappa shape index (κ3) is 3.35. The van der Waals surface area contributed by atoms with E-state index in [0.29, 0.717) is 18.8 Å². The van der Waals surface area contributed by atoms with Gasteiger partial charge in [0, 0.05) is 24.4 Å². The average Bonchev–Trinajstić information content (AvgIpc) is 3.01. The predicted molar refractivity (Wildman–Crippen MR) is 83.4 cm³/mol. The number of para-hydroxylation sites is 1. The van der Waals surface area contributed by atoms with Gasteiger partial charge in [0.1, 0.15) is 11.5 Å². The minimum atomic E-state index is 0.0297. The molecule has 21 heavy (non-hydrogen) atoms. The van der Waals surface area contributed by atoms with Gasteiger partial charge in [-0.1, -0.05) is 25.1 Å². The second-order valence-electron chi connectivity index (χ2n) is 5.99. The van der Waals surface area contributed by atoms with Crippen molar-refractivity contribution in [3.8, 4) is 0 Å². The van der Waals surface area contributed by atoms with E-state index in [-0.39, 0.29) is 5.91 Å². The Bertz CT molecular complexity index is 644. The van der Waals surface area contributed by atoms with Gasteiger partial charge in [-0.2, -0.15) is 0 Å². The number of carbonyl (C=O) groups is 1. The van der Waals surface area contributed by atoms with Crippen LogP contribution < -0.4 is 5.32 Å². The lowest BCUT2D eigenvalue weighted by Crippen LogP contribution is -2.12. The van der Waals surface area contributed by atoms with E-state index in [2.05, 4.69) is 18.3 Å². The van der Waals surface area contributed by atoms with Crippen LogP contribution in [0.3, 0.4) is 0 Å². The topological polar surface area (TPSA) is 42.2 Å². The Morgan fingerprint density at radius 3 is 2.76 bits per heavy atom. The standard InChI is InChI=1S/C18H21NO2/c1-12-5-3-4-6-16(12)19-18(20)10-8-14-7-9-17(21-14)15-11-13(15)2/h3-7,9,13,15H,8,10-11H2,1-2H3,(H,19,20)/t13-,15-/m1/s1. The lowest BCUT2D eigenvalue weighted by molar-refractivity contribution is -0.116. The highest BCUT2D eigenvalue weighted by Gasteiger charge is 2.36. The van der Waals surface area contributed by atoms with Crippen molar-refractivity contribution in [1.82, 2.24) is 0 Å². The molecule has 3 heteroatoms. The number of hydrogen-bond donors (Lipinski definition) is 1. The zero-order valence-corrected chi connectivity index (χ0v) is 12.6. The van der Waals surface area contributed by atoms with Crippen LogP contribution in [-0.2, 0) is 11.2 Å². The Hall–Kier alpha value is -2.03. The number of nitrogens with one attached hydrogen (secondary N) is 1. The van der Waals surface area contributed by atoms with Crippen molar-refractivity contribution in [2.45, 2.75) is 39.0 Å². The summed E-state index contributed by atoms with van der Waals surface area (Å²) < 4.78 is 5.82. The molecule has 1 aromatic carbocycles. The molecular formula is C18H21NO2. The van der Waals surface area contributed by atoms with Crippen LogP contribution in [0.4, 0.5) is 5.69 Å². The second kappa shape index (κ2) is 5.76. The first-order valence-electron chi connectivity index (χ1n) is 7.57. The van der Waals surface area contributed by atoms with Crippen LogP contribution in [0, 0.1) is 12.8 Å². The van der Waals surface area contributed by atoms with E-state index in [1.54, 1.807) is 0 Å². The van der Waals surface area contributed by atoms with Gasteiger partial charge in [-0.25, -0.2) is 0 Å². The van der Waals surface area contributed by atoms with Crippen LogP contribution in [0.15, 0.2) is 40.8 Å². The molecule has 3 nitrogen and oxygen atoms in total. The third-order valence-electron chi connectivity index (χ3n) is 4.17. The number of rotatable bonds is 5. The van der Waals surface area contributed by atoms with Gasteiger partial charge < -0.3 is 9.73 Å². The molecule has 1 aromatic heterocycles. The zero-order valence-electron chi connectivity index (χ0n) is 12.6. The summed E-state index contributed by atoms with van der Waals surface area (Å²) in [6.07, 6.45) is 2.32. The van der Waals surface area contributed by atoms with E-state index in [1.807, 2.05) is 37.3 Å². The molecule has 2 aromatic rings. The first-order chi connectivity index (χ1) is 10.1. The van der Waals surface area contributed by atoms with Crippen molar-refractivity contribution in [1.29, 1.82) is 0 Å². The largest absolute Gasteiger partial charge is 0.466 e. The van der Waals surface area contributed by atoms with Crippen LogP contribution in [0.25, 0.3) is 0 Å². The molecule has 0 saturated heterocycles. The Morgan fingerprint density at radius 1 is 1.29 bits per heavy atom. The molecule has 1 aliphatic rings. The minimum absolute atomic E-state index is 0.0297. The maximum absolute atomic E-state index is 12.0. The van der Waals surface area contributed by atoms with E-state index in [9.17, 15) is 4.79 Å². The molecule has 0 bridgehead atoms. The SMILES string of the molecule is Cc1ccccc1NC(=O)CCc1ccc([C@@H]2C[C@H]2C)o1. The molecule has 2 atom stereocenters. The highest BCUT2D eigenvalue weighted by atomic mass is 16.3. The van der Waals surface area contributed by atoms with Gasteiger partial charge >= 0.3 is 0 Å². The fourth-order valence-electron chi connectivity index (χ4n) is 2.61. The van der Waals surface area contributed by atoms with Gasteiger partial charge in [0.05, 0.1) is 0 Å². The number of amides is 1. The Morgan fingerprint density at radius 2 is 2.05 bits per heavy atom. The van der Waals surface area contributed by atoms with Crippen molar-refractivity contribution in [2.75, 3.05) is 5.32 Å². The molecular weight excluding hydrogens is 262 g/mol. The van der Waals surface area contributed by atoms with Crippen molar-refractivity contribution in [3.05, 3.63) is 53.5 Å². The van der Waals surface area contributed by atoms with Crippen LogP contribution in [0.2, 0.25) is 0 Å². The summed E-state index contributed by atoms with van der Waals surface area (Å²) in [5, 5.41) is 2.95. The molecule has 0 radical (unpaired) electrons. The lowest BCUT2D eigenvalue weighted by Gasteiger charge is -2.07. The van der Waals surface area contributed by atoms with Crippen LogP contribution in [-0.4, -0.2) is 5.91 Å². The predicted octanol–water partition coefficient (Wildman–Crippen LogP) is 4.28. The molecule has 0 unspecified atom stereocenters. The maximum Gasteiger partial charge on any atom is 0.224 e. The molecule has 1 amide bonds. The summed E-state index contributed by atoms with van der Waals surface area (Å²) in [6.45, 7) is 4.23. The van der Waals surface area contributed by atoms with Gasteiger partial charge in [0.15, 0.2) is 0 Å². The quantitative estimate of drug-likeness (QED) is 0.889. The monoisotopic (exact) mass is 283 g/mol. The van der Waals surface area contributed by atoms with Crippen molar-refractivity contribution < 1.29 is 9.21 Å². The van der Waals surface area contributed by atoms with E-state index in [0.717, 1.165) is 28.7 Å². The Kier molecular flexibility index (Phi) is 3.82. The third-order valence-corrected chi connectivity index (χ3v) is 4.17. The summed E-state index contributed by atoms with van der Waals surface area (Å²) in [5.74, 6) is 3.36. The van der Waals surface area contributed by atoms with Crippen LogP contribution in [0.5, 0.6) is 0 Å². The molecule has 0 spiro atoms. The maximum atomic E-state index is 12.0. The fraction of sp³-hybridized carbons (Fsp3) is 0.389. The van der Waals surface area contributed by atoms with Gasteiger partial charge in [-0.05, 0) is 43.0 Å². The average molecular weight is 283 g/mol. The van der Waals surface area contributed by atoms with Gasteiger partial charge in [0.2, 0.25) is 5.91 Å². The molecule has 1 aliphatic carbocycles. The molecule has 1 N–H and O–H groups in total. The number of benzene rings is 1. The first-order valence-corrected chi connectivity index (χ1v) is 7.57. The number of carbonyl (C=O) groups excluding carboxylic acids is 1. The highest BCUT2D eigenvalue weighted by Crippen LogP contribution is 2.47. The molecule has 3 rings (SSSR count). The van der Waals surface area contributed by atoms with Crippen LogP contribution >= 0.6 is 0 Å². The number of anilines is 1. The van der Waals surface area contributed by atoms with Crippen molar-refractivity contribution >= 4 is 11.6 Å². The normalized spacial score (nSPS) is 20.3. The fourth-order valence-corrected chi connectivity index (χ4v) is 2.61. The number of furan rings is 1. The highest BCUT2D eigenvalue weighted by molar-refractivity contribution is 5.91. The summed E-state index contributed by atoms with van der Waals surface area (Å²) in [5.41, 5.74) is 1.96. The molecule has 0 aliphatic heterocycles. The van der Waals surface area contributed by atoms with Gasteiger partial charge in [-0.3, -0.25) is 4.79 Å². The van der Waals surface area contributed by atoms with Gasteiger partial charge in [0.25, 0.3) is 0 Å².